The molecule has 0 radical (unpaired) electrons. The van der Waals surface area contributed by atoms with Crippen molar-refractivity contribution in [3.8, 4) is 0 Å². The number of carbonyl (C=O) groups is 3. The van der Waals surface area contributed by atoms with Crippen molar-refractivity contribution < 1.29 is 23.9 Å². The van der Waals surface area contributed by atoms with Crippen molar-refractivity contribution in [3.05, 3.63) is 106 Å². The number of methoxy groups -OCH3 is 1. The first-order valence-electron chi connectivity index (χ1n) is 12.2. The SMILES string of the molecule is COC(=O)CC[C@H](NC(=O)c1cccn(C(c2ccccc2)c2ccccc2)c1=O)C(=O)OCC(C)C. The first kappa shape index (κ1) is 27.4. The minimum absolute atomic E-state index is 0.0208. The van der Waals surface area contributed by atoms with Gasteiger partial charge in [-0.15, -0.1) is 0 Å². The van der Waals surface area contributed by atoms with Gasteiger partial charge in [-0.1, -0.05) is 74.5 Å². The van der Waals surface area contributed by atoms with Crippen LogP contribution in [0.25, 0.3) is 0 Å². The zero-order valence-electron chi connectivity index (χ0n) is 21.3. The summed E-state index contributed by atoms with van der Waals surface area (Å²) >= 11 is 0. The van der Waals surface area contributed by atoms with Crippen molar-refractivity contribution >= 4 is 17.8 Å². The van der Waals surface area contributed by atoms with E-state index in [0.29, 0.717) is 0 Å². The third kappa shape index (κ3) is 7.39. The topological polar surface area (TPSA) is 104 Å². The number of carbonyl (C=O) groups excluding carboxylic acids is 3. The van der Waals surface area contributed by atoms with Crippen LogP contribution in [0.3, 0.4) is 0 Å². The van der Waals surface area contributed by atoms with Gasteiger partial charge in [0.15, 0.2) is 0 Å². The van der Waals surface area contributed by atoms with E-state index in [2.05, 4.69) is 10.1 Å². The van der Waals surface area contributed by atoms with Crippen molar-refractivity contribution in [2.45, 2.75) is 38.8 Å². The smallest absolute Gasteiger partial charge is 0.328 e. The van der Waals surface area contributed by atoms with Gasteiger partial charge in [0.25, 0.3) is 11.5 Å². The van der Waals surface area contributed by atoms with Crippen molar-refractivity contribution in [2.75, 3.05) is 13.7 Å². The van der Waals surface area contributed by atoms with Gasteiger partial charge < -0.3 is 19.4 Å². The molecule has 1 atom stereocenters. The van der Waals surface area contributed by atoms with Crippen molar-refractivity contribution in [1.29, 1.82) is 0 Å². The number of ether oxygens (including phenoxy) is 2. The van der Waals surface area contributed by atoms with Crippen LogP contribution in [-0.4, -0.2) is 42.2 Å². The monoisotopic (exact) mass is 504 g/mol. The molecule has 0 spiro atoms. The molecule has 37 heavy (non-hydrogen) atoms. The number of nitrogens with one attached hydrogen (secondary N) is 1. The number of esters is 2. The van der Waals surface area contributed by atoms with Gasteiger partial charge in [-0.2, -0.15) is 0 Å². The van der Waals surface area contributed by atoms with Crippen LogP contribution in [0.4, 0.5) is 0 Å². The number of rotatable bonds is 11. The number of nitrogens with zero attached hydrogens (tertiary/aromatic N) is 1. The summed E-state index contributed by atoms with van der Waals surface area (Å²) in [6.07, 6.45) is 1.52. The molecular formula is C29H32N2O6. The summed E-state index contributed by atoms with van der Waals surface area (Å²) in [6.45, 7) is 3.94. The predicted octanol–water partition coefficient (Wildman–Crippen LogP) is 3.74. The molecule has 0 bridgehead atoms. The summed E-state index contributed by atoms with van der Waals surface area (Å²) in [4.78, 5) is 51.2. The lowest BCUT2D eigenvalue weighted by Crippen LogP contribution is -2.44. The van der Waals surface area contributed by atoms with Crippen LogP contribution >= 0.6 is 0 Å². The lowest BCUT2D eigenvalue weighted by atomic mass is 9.98. The average molecular weight is 505 g/mol. The number of benzene rings is 2. The van der Waals surface area contributed by atoms with Crippen molar-refractivity contribution in [3.63, 3.8) is 0 Å². The summed E-state index contributed by atoms with van der Waals surface area (Å²) < 4.78 is 11.4. The quantitative estimate of drug-likeness (QED) is 0.399. The van der Waals surface area contributed by atoms with E-state index in [1.165, 1.54) is 17.7 Å². The standard InChI is InChI=1S/C29H32N2O6/c1-20(2)19-37-29(35)24(16-17-25(32)36-3)30-27(33)23-15-10-18-31(28(23)34)26(21-11-6-4-7-12-21)22-13-8-5-9-14-22/h4-15,18,20,24,26H,16-17,19H2,1-3H3,(H,30,33)/t24-/m0/s1. The third-order valence-electron chi connectivity index (χ3n) is 5.74. The summed E-state index contributed by atoms with van der Waals surface area (Å²) in [7, 11) is 1.25. The van der Waals surface area contributed by atoms with E-state index in [1.54, 1.807) is 12.3 Å². The van der Waals surface area contributed by atoms with Crippen LogP contribution in [0.2, 0.25) is 0 Å². The molecule has 1 amide bonds. The minimum atomic E-state index is -1.11. The molecule has 0 aliphatic carbocycles. The number of aromatic nitrogens is 1. The Morgan fingerprint density at radius 1 is 0.892 bits per heavy atom. The molecular weight excluding hydrogens is 472 g/mol. The zero-order chi connectivity index (χ0) is 26.8. The Morgan fingerprint density at radius 2 is 1.49 bits per heavy atom. The highest BCUT2D eigenvalue weighted by atomic mass is 16.5. The highest BCUT2D eigenvalue weighted by Crippen LogP contribution is 2.25. The van der Waals surface area contributed by atoms with E-state index in [0.717, 1.165) is 11.1 Å². The van der Waals surface area contributed by atoms with Gasteiger partial charge in [0.2, 0.25) is 0 Å². The Morgan fingerprint density at radius 3 is 2.03 bits per heavy atom. The molecule has 2 aromatic carbocycles. The van der Waals surface area contributed by atoms with Gasteiger partial charge in [-0.25, -0.2) is 4.79 Å². The number of amides is 1. The van der Waals surface area contributed by atoms with E-state index in [9.17, 15) is 19.2 Å². The Balaban J connectivity index is 1.93. The maximum atomic E-state index is 13.6. The molecule has 3 aromatic rings. The van der Waals surface area contributed by atoms with Crippen molar-refractivity contribution in [1.82, 2.24) is 9.88 Å². The van der Waals surface area contributed by atoms with E-state index in [-0.39, 0.29) is 30.9 Å². The molecule has 194 valence electrons. The Bertz CT molecular complexity index is 1210. The first-order chi connectivity index (χ1) is 17.8. The Labute approximate surface area is 216 Å². The molecule has 0 fully saturated rings. The molecule has 0 aliphatic heterocycles. The lowest BCUT2D eigenvalue weighted by molar-refractivity contribution is -0.147. The molecule has 8 heteroatoms. The van der Waals surface area contributed by atoms with Crippen LogP contribution in [0.15, 0.2) is 83.8 Å². The van der Waals surface area contributed by atoms with Crippen LogP contribution < -0.4 is 10.9 Å². The van der Waals surface area contributed by atoms with Gasteiger partial charge in [-0.05, 0) is 35.6 Å². The maximum Gasteiger partial charge on any atom is 0.328 e. The van der Waals surface area contributed by atoms with Crippen LogP contribution in [0.5, 0.6) is 0 Å². The largest absolute Gasteiger partial charge is 0.469 e. The fourth-order valence-electron chi connectivity index (χ4n) is 3.87. The molecule has 1 aromatic heterocycles. The van der Waals surface area contributed by atoms with Gasteiger partial charge in [0.1, 0.15) is 11.6 Å². The van der Waals surface area contributed by atoms with Crippen LogP contribution in [0.1, 0.15) is 54.2 Å². The first-order valence-corrected chi connectivity index (χ1v) is 12.2. The lowest BCUT2D eigenvalue weighted by Gasteiger charge is -2.22. The average Bonchev–Trinajstić information content (AvgIpc) is 2.91. The summed E-state index contributed by atoms with van der Waals surface area (Å²) in [5, 5.41) is 2.59. The molecule has 0 unspecified atom stereocenters. The van der Waals surface area contributed by atoms with Gasteiger partial charge in [-0.3, -0.25) is 14.4 Å². The molecule has 1 N–H and O–H groups in total. The molecule has 8 nitrogen and oxygen atoms in total. The highest BCUT2D eigenvalue weighted by molar-refractivity contribution is 5.96. The number of hydrogen-bond acceptors (Lipinski definition) is 6. The van der Waals surface area contributed by atoms with E-state index >= 15 is 0 Å². The fourth-order valence-corrected chi connectivity index (χ4v) is 3.87. The molecule has 0 aliphatic rings. The second kappa shape index (κ2) is 13.2. The molecule has 0 saturated carbocycles. The van der Waals surface area contributed by atoms with E-state index in [1.807, 2.05) is 74.5 Å². The number of hydrogen-bond donors (Lipinski definition) is 1. The van der Waals surface area contributed by atoms with E-state index < -0.39 is 35.5 Å². The summed E-state index contributed by atoms with van der Waals surface area (Å²) in [6, 6.07) is 20.5. The normalized spacial score (nSPS) is 11.7. The van der Waals surface area contributed by atoms with Gasteiger partial charge in [0, 0.05) is 12.6 Å². The fraction of sp³-hybridized carbons (Fsp3) is 0.310. The maximum absolute atomic E-state index is 13.6. The molecule has 3 rings (SSSR count). The zero-order valence-corrected chi connectivity index (χ0v) is 21.3. The molecule has 1 heterocycles. The van der Waals surface area contributed by atoms with E-state index in [4.69, 9.17) is 4.74 Å². The van der Waals surface area contributed by atoms with Gasteiger partial charge in [0.05, 0.1) is 19.8 Å². The van der Waals surface area contributed by atoms with Gasteiger partial charge >= 0.3 is 11.9 Å². The highest BCUT2D eigenvalue weighted by Gasteiger charge is 2.27. The minimum Gasteiger partial charge on any atom is -0.469 e. The van der Waals surface area contributed by atoms with Crippen molar-refractivity contribution in [2.24, 2.45) is 5.92 Å². The molecule has 0 saturated heterocycles. The number of pyridine rings is 1. The summed E-state index contributed by atoms with van der Waals surface area (Å²) in [5.74, 6) is -1.83. The van der Waals surface area contributed by atoms with Crippen LogP contribution in [0, 0.1) is 5.92 Å². The second-order valence-electron chi connectivity index (χ2n) is 9.02. The second-order valence-corrected chi connectivity index (χ2v) is 9.02. The Kier molecular flexibility index (Phi) is 9.77. The summed E-state index contributed by atoms with van der Waals surface area (Å²) in [5.41, 5.74) is 1.11. The van der Waals surface area contributed by atoms with Crippen LogP contribution in [-0.2, 0) is 19.1 Å². The Hall–Kier alpha value is -4.20. The predicted molar refractivity (Wildman–Crippen MR) is 139 cm³/mol. The third-order valence-corrected chi connectivity index (χ3v) is 5.74.